The summed E-state index contributed by atoms with van der Waals surface area (Å²) in [6.07, 6.45) is 6.07. The zero-order chi connectivity index (χ0) is 32.8. The number of likely N-dealkylation sites (N-methyl/N-ethyl adjacent to an activating group) is 2. The van der Waals surface area contributed by atoms with Gasteiger partial charge in [-0.2, -0.15) is 0 Å². The van der Waals surface area contributed by atoms with Crippen molar-refractivity contribution in [3.8, 4) is 5.69 Å². The quantitative estimate of drug-likeness (QED) is 0.178. The summed E-state index contributed by atoms with van der Waals surface area (Å²) in [5.74, 6) is -1.09. The molecule has 2 aliphatic heterocycles. The van der Waals surface area contributed by atoms with E-state index in [9.17, 15) is 19.2 Å². The van der Waals surface area contributed by atoms with Crippen LogP contribution in [0.4, 0.5) is 0 Å². The molecule has 4 amide bonds. The highest BCUT2D eigenvalue weighted by Gasteiger charge is 2.34. The Morgan fingerprint density at radius 2 is 1.15 bits per heavy atom. The molecule has 0 fully saturated rings. The van der Waals surface area contributed by atoms with Gasteiger partial charge in [-0.05, 0) is 75.4 Å². The Bertz CT molecular complexity index is 2030. The second-order valence-electron chi connectivity index (χ2n) is 12.1. The number of rotatable bonds is 11. The van der Waals surface area contributed by atoms with Gasteiger partial charge in [-0.1, -0.05) is 40.2 Å². The number of carbonyl (C=O) groups excluding carboxylic acids is 4. The molecule has 7 rings (SSSR count). The minimum atomic E-state index is -0.280. The lowest BCUT2D eigenvalue weighted by molar-refractivity contribution is 0.0585. The van der Waals surface area contributed by atoms with Crippen LogP contribution in [0.2, 0.25) is 0 Å². The van der Waals surface area contributed by atoms with Crippen LogP contribution in [-0.4, -0.2) is 106 Å². The standard InChI is InChI=1S/C36H33BrN6O4/c1-39(18-20-42-33(44)25-8-3-6-23-29(37)12-10-27(31(23)25)35(42)46)15-5-16-40(2)19-21-43-34(45)26-9-4-7-24-30(41-17-14-38-22-41)13-11-28(32(24)26)36(43)47/h3-4,6-14,17,22H,5,15-16,18-21H2,1-2H3. The molecule has 5 aromatic rings. The van der Waals surface area contributed by atoms with Crippen molar-refractivity contribution in [2.45, 2.75) is 6.42 Å². The Morgan fingerprint density at radius 3 is 1.70 bits per heavy atom. The summed E-state index contributed by atoms with van der Waals surface area (Å²) < 4.78 is 2.73. The minimum absolute atomic E-state index is 0.265. The minimum Gasteiger partial charge on any atom is -0.306 e. The normalized spacial score (nSPS) is 14.5. The number of halogens is 1. The lowest BCUT2D eigenvalue weighted by Crippen LogP contribution is -2.45. The molecule has 0 radical (unpaired) electrons. The molecule has 0 unspecified atom stereocenters. The first kappa shape index (κ1) is 30.9. The molecule has 0 saturated carbocycles. The highest BCUT2D eigenvalue weighted by atomic mass is 79.9. The summed E-state index contributed by atoms with van der Waals surface area (Å²) in [5.41, 5.74) is 3.02. The summed E-state index contributed by atoms with van der Waals surface area (Å²) in [4.78, 5) is 64.7. The van der Waals surface area contributed by atoms with Crippen molar-refractivity contribution in [3.63, 3.8) is 0 Å². The Hall–Kier alpha value is -4.71. The number of aromatic nitrogens is 2. The topological polar surface area (TPSA) is 99.1 Å². The zero-order valence-electron chi connectivity index (χ0n) is 26.1. The van der Waals surface area contributed by atoms with E-state index in [1.54, 1.807) is 36.8 Å². The van der Waals surface area contributed by atoms with Crippen molar-refractivity contribution in [1.29, 1.82) is 0 Å². The van der Waals surface area contributed by atoms with Gasteiger partial charge in [0.1, 0.15) is 0 Å². The molecule has 0 atom stereocenters. The number of nitrogens with zero attached hydrogens (tertiary/aromatic N) is 6. The van der Waals surface area contributed by atoms with Crippen molar-refractivity contribution < 1.29 is 19.2 Å². The Morgan fingerprint density at radius 1 is 0.638 bits per heavy atom. The summed E-state index contributed by atoms with van der Waals surface area (Å²) in [7, 11) is 3.96. The number of benzene rings is 4. The number of amides is 4. The fourth-order valence-electron chi connectivity index (χ4n) is 6.65. The van der Waals surface area contributed by atoms with E-state index >= 15 is 0 Å². The van der Waals surface area contributed by atoms with Gasteiger partial charge < -0.3 is 14.4 Å². The van der Waals surface area contributed by atoms with E-state index < -0.39 is 0 Å². The third kappa shape index (κ3) is 5.44. The molecule has 2 aliphatic rings. The van der Waals surface area contributed by atoms with Crippen molar-refractivity contribution >= 4 is 61.1 Å². The maximum Gasteiger partial charge on any atom is 0.261 e. The highest BCUT2D eigenvalue weighted by molar-refractivity contribution is 9.10. The van der Waals surface area contributed by atoms with Crippen LogP contribution in [-0.2, 0) is 0 Å². The smallest absolute Gasteiger partial charge is 0.261 e. The Balaban J connectivity index is 0.920. The maximum absolute atomic E-state index is 13.5. The molecule has 0 aliphatic carbocycles. The molecule has 11 heteroatoms. The van der Waals surface area contributed by atoms with E-state index in [-0.39, 0.29) is 30.2 Å². The average Bonchev–Trinajstić information content (AvgIpc) is 3.61. The number of imidazole rings is 1. The van der Waals surface area contributed by atoms with Gasteiger partial charge in [0.25, 0.3) is 23.6 Å². The number of hydrogen-bond donors (Lipinski definition) is 0. The first-order valence-corrected chi connectivity index (χ1v) is 16.4. The molecule has 0 bridgehead atoms. The average molecular weight is 694 g/mol. The largest absolute Gasteiger partial charge is 0.306 e. The van der Waals surface area contributed by atoms with Crippen LogP contribution in [0, 0.1) is 0 Å². The van der Waals surface area contributed by atoms with Gasteiger partial charge in [0, 0.05) is 81.5 Å². The molecule has 47 heavy (non-hydrogen) atoms. The predicted molar refractivity (Wildman–Crippen MR) is 183 cm³/mol. The van der Waals surface area contributed by atoms with Crippen LogP contribution in [0.3, 0.4) is 0 Å². The van der Waals surface area contributed by atoms with Gasteiger partial charge in [0.2, 0.25) is 0 Å². The van der Waals surface area contributed by atoms with E-state index in [2.05, 4.69) is 30.7 Å². The predicted octanol–water partition coefficient (Wildman–Crippen LogP) is 5.09. The molecule has 10 nitrogen and oxygen atoms in total. The van der Waals surface area contributed by atoms with Crippen LogP contribution >= 0.6 is 15.9 Å². The van der Waals surface area contributed by atoms with E-state index in [4.69, 9.17) is 0 Å². The maximum atomic E-state index is 13.5. The third-order valence-corrected chi connectivity index (χ3v) is 9.87. The highest BCUT2D eigenvalue weighted by Crippen LogP contribution is 2.35. The first-order valence-electron chi connectivity index (χ1n) is 15.6. The molecule has 0 N–H and O–H groups in total. The summed E-state index contributed by atoms with van der Waals surface area (Å²) >= 11 is 3.53. The first-order chi connectivity index (χ1) is 22.7. The summed E-state index contributed by atoms with van der Waals surface area (Å²) in [5, 5.41) is 3.09. The van der Waals surface area contributed by atoms with Crippen molar-refractivity contribution in [3.05, 3.63) is 106 Å². The molecular weight excluding hydrogens is 660 g/mol. The van der Waals surface area contributed by atoms with Gasteiger partial charge in [0.15, 0.2) is 0 Å². The van der Waals surface area contributed by atoms with Gasteiger partial charge in [-0.15, -0.1) is 0 Å². The number of hydrogen-bond acceptors (Lipinski definition) is 7. The summed E-state index contributed by atoms with van der Waals surface area (Å²) in [6, 6.07) is 18.4. The van der Waals surface area contributed by atoms with Crippen LogP contribution < -0.4 is 0 Å². The van der Waals surface area contributed by atoms with Crippen LogP contribution in [0.5, 0.6) is 0 Å². The monoisotopic (exact) mass is 692 g/mol. The Kier molecular flexibility index (Phi) is 8.21. The molecule has 4 aromatic carbocycles. The van der Waals surface area contributed by atoms with Crippen molar-refractivity contribution in [1.82, 2.24) is 29.2 Å². The van der Waals surface area contributed by atoms with E-state index in [1.165, 1.54) is 9.80 Å². The second-order valence-corrected chi connectivity index (χ2v) is 13.0. The van der Waals surface area contributed by atoms with Gasteiger partial charge in [-0.25, -0.2) is 4.98 Å². The van der Waals surface area contributed by atoms with Crippen LogP contribution in [0.25, 0.3) is 27.2 Å². The number of imide groups is 2. The second kappa shape index (κ2) is 12.5. The summed E-state index contributed by atoms with van der Waals surface area (Å²) in [6.45, 7) is 3.19. The lowest BCUT2D eigenvalue weighted by Gasteiger charge is -2.30. The van der Waals surface area contributed by atoms with E-state index in [0.29, 0.717) is 52.7 Å². The molecule has 3 heterocycles. The third-order valence-electron chi connectivity index (χ3n) is 9.18. The fraction of sp³-hybridized carbons (Fsp3) is 0.250. The van der Waals surface area contributed by atoms with Crippen LogP contribution in [0.1, 0.15) is 47.9 Å². The molecule has 238 valence electrons. The van der Waals surface area contributed by atoms with E-state index in [0.717, 1.165) is 40.4 Å². The molecule has 0 spiro atoms. The molecule has 1 aromatic heterocycles. The van der Waals surface area contributed by atoms with Gasteiger partial charge in [0.05, 0.1) is 12.0 Å². The van der Waals surface area contributed by atoms with Crippen molar-refractivity contribution in [2.75, 3.05) is 53.4 Å². The number of carbonyl (C=O) groups is 4. The van der Waals surface area contributed by atoms with Gasteiger partial charge >= 0.3 is 0 Å². The lowest BCUT2D eigenvalue weighted by atomic mass is 9.93. The molecular formula is C36H33BrN6O4. The zero-order valence-corrected chi connectivity index (χ0v) is 27.7. The van der Waals surface area contributed by atoms with Crippen molar-refractivity contribution in [2.24, 2.45) is 0 Å². The Labute approximate surface area is 280 Å². The van der Waals surface area contributed by atoms with Crippen LogP contribution in [0.15, 0.2) is 83.9 Å². The van der Waals surface area contributed by atoms with Gasteiger partial charge in [-0.3, -0.25) is 29.0 Å². The van der Waals surface area contributed by atoms with E-state index in [1.807, 2.05) is 61.3 Å². The molecule has 0 saturated heterocycles. The SMILES string of the molecule is CN(CCCN(C)CCN1C(=O)c2cccc3c(-n4ccnc4)ccc(c23)C1=O)CCN1C(=O)c2cccc3c(Br)ccc(c23)C1=O. The fourth-order valence-corrected chi connectivity index (χ4v) is 7.11.